The normalized spacial score (nSPS) is 50.8. The molecule has 39 heavy (non-hydrogen) atoms. The Balaban J connectivity index is 1.50. The summed E-state index contributed by atoms with van der Waals surface area (Å²) in [6, 6.07) is 0. The van der Waals surface area contributed by atoms with Gasteiger partial charge in [0.05, 0.1) is 6.10 Å². The highest BCUT2D eigenvalue weighted by molar-refractivity contribution is 6.01. The van der Waals surface area contributed by atoms with Crippen LogP contribution >= 0.6 is 0 Å². The molecule has 4 fully saturated rings. The van der Waals surface area contributed by atoms with Crippen molar-refractivity contribution in [2.45, 2.75) is 103 Å². The average molecular weight is 551 g/mol. The van der Waals surface area contributed by atoms with Gasteiger partial charge in [-0.05, 0) is 80.9 Å². The number of carboxylic acid groups (broad SMARTS) is 1. The molecule has 0 bridgehead atoms. The molecule has 5 aliphatic carbocycles. The summed E-state index contributed by atoms with van der Waals surface area (Å²) in [5, 5.41) is 22.1. The summed E-state index contributed by atoms with van der Waals surface area (Å²) in [5.74, 6) is -3.64. The number of carboxylic acids is 1. The lowest BCUT2D eigenvalue weighted by molar-refractivity contribution is -0.232. The van der Waals surface area contributed by atoms with Gasteiger partial charge in [-0.15, -0.1) is 0 Å². The maximum Gasteiger partial charge on any atom is 0.509 e. The van der Waals surface area contributed by atoms with E-state index in [4.69, 9.17) is 9.47 Å². The van der Waals surface area contributed by atoms with Gasteiger partial charge < -0.3 is 19.7 Å². The van der Waals surface area contributed by atoms with Crippen LogP contribution in [0.15, 0.2) is 23.8 Å². The van der Waals surface area contributed by atoms with E-state index in [0.717, 1.165) is 12.5 Å². The minimum absolute atomic E-state index is 0.00251. The van der Waals surface area contributed by atoms with Crippen LogP contribution in [-0.4, -0.2) is 57.8 Å². The number of ketones is 1. The number of aliphatic carboxylic acids is 1. The zero-order chi connectivity index (χ0) is 28.7. The lowest BCUT2D eigenvalue weighted by atomic mass is 9.44. The van der Waals surface area contributed by atoms with Crippen molar-refractivity contribution in [1.29, 1.82) is 0 Å². The van der Waals surface area contributed by atoms with E-state index >= 15 is 8.78 Å². The molecule has 0 spiro atoms. The van der Waals surface area contributed by atoms with E-state index in [1.165, 1.54) is 19.1 Å². The number of hydrogen-bond donors (Lipinski definition) is 2. The summed E-state index contributed by atoms with van der Waals surface area (Å²) in [6.07, 6.45) is 0.744. The molecule has 2 unspecified atom stereocenters. The van der Waals surface area contributed by atoms with Crippen molar-refractivity contribution >= 4 is 17.9 Å². The second kappa shape index (κ2) is 9.11. The number of ether oxygens (including phenoxy) is 2. The van der Waals surface area contributed by atoms with Crippen LogP contribution in [0.3, 0.4) is 0 Å². The molecule has 0 radical (unpaired) electrons. The molecule has 0 amide bonds. The van der Waals surface area contributed by atoms with Crippen molar-refractivity contribution in [3.8, 4) is 0 Å². The standard InChI is InChI=1S/C30H40F2O7/c1-15-8-16(2)10-19(9-15)38-26(37)39-30(25(35)36)17(3)11-20-21-13-23(31)22-12-18(33)6-7-27(22,4)29(21,32)24(34)14-28(20,30)5/h6-7,12,15-17,19-21,23-24,34H,8-11,13-14H2,1-5H3,(H,35,36)/t15-,16+,17-,19?,20+,21+,23+,24+,27+,28+,29?,30-/m1/s1. The van der Waals surface area contributed by atoms with E-state index in [0.29, 0.717) is 24.7 Å². The van der Waals surface area contributed by atoms with E-state index in [-0.39, 0.29) is 24.8 Å². The Kier molecular flexibility index (Phi) is 6.60. The van der Waals surface area contributed by atoms with Gasteiger partial charge in [0, 0.05) is 22.7 Å². The number of fused-ring (bicyclic) bond motifs is 5. The van der Waals surface area contributed by atoms with Crippen LogP contribution in [0.5, 0.6) is 0 Å². The number of rotatable bonds is 3. The molecule has 12 atom stereocenters. The highest BCUT2D eigenvalue weighted by Crippen LogP contribution is 2.71. The molecule has 5 rings (SSSR count). The first-order valence-electron chi connectivity index (χ1n) is 14.2. The molecule has 4 saturated carbocycles. The number of aliphatic hydroxyl groups excluding tert-OH is 1. The number of alkyl halides is 2. The quantitative estimate of drug-likeness (QED) is 0.456. The van der Waals surface area contributed by atoms with Crippen LogP contribution in [0.1, 0.15) is 73.1 Å². The fourth-order valence-corrected chi connectivity index (χ4v) is 9.50. The Bertz CT molecular complexity index is 1130. The molecule has 216 valence electrons. The Labute approximate surface area is 228 Å². The third-order valence-corrected chi connectivity index (χ3v) is 11.1. The summed E-state index contributed by atoms with van der Waals surface area (Å²) >= 11 is 0. The molecule has 7 nitrogen and oxygen atoms in total. The van der Waals surface area contributed by atoms with Crippen molar-refractivity contribution < 1.29 is 42.9 Å². The van der Waals surface area contributed by atoms with E-state index in [9.17, 15) is 24.6 Å². The van der Waals surface area contributed by atoms with Crippen molar-refractivity contribution in [3.05, 3.63) is 23.8 Å². The van der Waals surface area contributed by atoms with Crippen LogP contribution in [-0.2, 0) is 19.1 Å². The van der Waals surface area contributed by atoms with Crippen LogP contribution in [0.4, 0.5) is 13.6 Å². The molecule has 5 aliphatic rings. The molecule has 2 N–H and O–H groups in total. The third kappa shape index (κ3) is 3.77. The Morgan fingerprint density at radius 2 is 1.67 bits per heavy atom. The number of carbonyl (C=O) groups excluding carboxylic acids is 2. The average Bonchev–Trinajstić information content (AvgIpc) is 3.03. The van der Waals surface area contributed by atoms with Crippen molar-refractivity contribution in [3.63, 3.8) is 0 Å². The summed E-state index contributed by atoms with van der Waals surface area (Å²) in [4.78, 5) is 38.2. The number of carbonyl (C=O) groups is 3. The molecule has 0 heterocycles. The minimum atomic E-state index is -2.34. The van der Waals surface area contributed by atoms with E-state index in [1.54, 1.807) is 13.8 Å². The largest absolute Gasteiger partial charge is 0.509 e. The number of allylic oxidation sites excluding steroid dienone is 4. The first-order chi connectivity index (χ1) is 18.1. The maximum absolute atomic E-state index is 17.4. The highest BCUT2D eigenvalue weighted by Gasteiger charge is 2.78. The van der Waals surface area contributed by atoms with Gasteiger partial charge >= 0.3 is 12.1 Å². The summed E-state index contributed by atoms with van der Waals surface area (Å²) < 4.78 is 44.4. The lowest BCUT2D eigenvalue weighted by Crippen LogP contribution is -2.71. The van der Waals surface area contributed by atoms with E-state index < -0.39 is 76.1 Å². The Morgan fingerprint density at radius 1 is 1.03 bits per heavy atom. The number of aliphatic hydroxyl groups is 1. The first-order valence-corrected chi connectivity index (χ1v) is 14.2. The van der Waals surface area contributed by atoms with Gasteiger partial charge in [0.15, 0.2) is 11.5 Å². The third-order valence-electron chi connectivity index (χ3n) is 11.1. The first kappa shape index (κ1) is 28.2. The van der Waals surface area contributed by atoms with Crippen molar-refractivity contribution in [2.75, 3.05) is 0 Å². The SMILES string of the molecule is C[C@@H]1CC(OC(=O)O[C@@]2(C(=O)O)[C@H](C)C[C@H]3[C@@H]4C[C@H](F)C5=CC(=O)C=C[C@]5(C)C4(F)[C@@H](O)C[C@@]32C)C[C@H](C)C1. The van der Waals surface area contributed by atoms with Gasteiger partial charge in [-0.25, -0.2) is 18.4 Å². The van der Waals surface area contributed by atoms with Crippen LogP contribution in [0, 0.1) is 40.4 Å². The summed E-state index contributed by atoms with van der Waals surface area (Å²) in [6.45, 7) is 8.90. The van der Waals surface area contributed by atoms with Gasteiger partial charge in [0.1, 0.15) is 12.3 Å². The van der Waals surface area contributed by atoms with Gasteiger partial charge in [-0.1, -0.05) is 33.8 Å². The summed E-state index contributed by atoms with van der Waals surface area (Å²) in [7, 11) is 0. The monoisotopic (exact) mass is 550 g/mol. The molecular weight excluding hydrogens is 510 g/mol. The fraction of sp³-hybridized carbons (Fsp3) is 0.767. The molecule has 9 heteroatoms. The predicted molar refractivity (Wildman–Crippen MR) is 137 cm³/mol. The maximum atomic E-state index is 17.4. The molecule has 0 aliphatic heterocycles. The van der Waals surface area contributed by atoms with E-state index in [1.807, 2.05) is 0 Å². The highest BCUT2D eigenvalue weighted by atomic mass is 19.1. The number of halogens is 2. The Hall–Kier alpha value is -2.29. The molecule has 0 aromatic carbocycles. The smallest absolute Gasteiger partial charge is 0.478 e. The van der Waals surface area contributed by atoms with Crippen molar-refractivity contribution in [2.24, 2.45) is 40.4 Å². The van der Waals surface area contributed by atoms with Gasteiger partial charge in [-0.2, -0.15) is 0 Å². The minimum Gasteiger partial charge on any atom is -0.478 e. The second-order valence-electron chi connectivity index (χ2n) is 13.5. The topological polar surface area (TPSA) is 110 Å². The number of hydrogen-bond acceptors (Lipinski definition) is 6. The van der Waals surface area contributed by atoms with Crippen LogP contribution in [0.2, 0.25) is 0 Å². The zero-order valence-electron chi connectivity index (χ0n) is 23.3. The Morgan fingerprint density at radius 3 is 2.28 bits per heavy atom. The molecular formula is C30H40F2O7. The van der Waals surface area contributed by atoms with Crippen molar-refractivity contribution in [1.82, 2.24) is 0 Å². The lowest BCUT2D eigenvalue weighted by Gasteiger charge is -2.62. The summed E-state index contributed by atoms with van der Waals surface area (Å²) in [5.41, 5.74) is -7.40. The van der Waals surface area contributed by atoms with E-state index in [2.05, 4.69) is 13.8 Å². The van der Waals surface area contributed by atoms with Gasteiger partial charge in [0.25, 0.3) is 0 Å². The van der Waals surface area contributed by atoms with Crippen LogP contribution < -0.4 is 0 Å². The fourth-order valence-electron chi connectivity index (χ4n) is 9.50. The molecule has 0 aromatic heterocycles. The van der Waals surface area contributed by atoms with Crippen LogP contribution in [0.25, 0.3) is 0 Å². The predicted octanol–water partition coefficient (Wildman–Crippen LogP) is 5.35. The molecule has 0 aromatic rings. The van der Waals surface area contributed by atoms with Gasteiger partial charge in [-0.3, -0.25) is 4.79 Å². The molecule has 0 saturated heterocycles. The van der Waals surface area contributed by atoms with Gasteiger partial charge in [0.2, 0.25) is 5.60 Å². The second-order valence-corrected chi connectivity index (χ2v) is 13.5. The zero-order valence-corrected chi connectivity index (χ0v) is 23.3.